The number of amides is 1. The van der Waals surface area contributed by atoms with Gasteiger partial charge >= 0.3 is 0 Å². The van der Waals surface area contributed by atoms with E-state index in [1.54, 1.807) is 11.3 Å². The average Bonchev–Trinajstić information content (AvgIpc) is 2.82. The molecule has 2 heterocycles. The first-order valence-corrected chi connectivity index (χ1v) is 6.95. The minimum atomic E-state index is -0.454. The van der Waals surface area contributed by atoms with E-state index in [2.05, 4.69) is 10.3 Å². The third kappa shape index (κ3) is 2.88. The second-order valence-corrected chi connectivity index (χ2v) is 5.96. The molecule has 1 fully saturated rings. The van der Waals surface area contributed by atoms with Crippen molar-refractivity contribution in [2.24, 2.45) is 11.1 Å². The van der Waals surface area contributed by atoms with Crippen LogP contribution in [-0.4, -0.2) is 30.6 Å². The van der Waals surface area contributed by atoms with Crippen molar-refractivity contribution in [3.05, 3.63) is 16.1 Å². The van der Waals surface area contributed by atoms with Gasteiger partial charge in [-0.25, -0.2) is 4.98 Å². The lowest BCUT2D eigenvalue weighted by molar-refractivity contribution is -0.136. The van der Waals surface area contributed by atoms with Crippen LogP contribution in [0.3, 0.4) is 0 Å². The van der Waals surface area contributed by atoms with Gasteiger partial charge in [0.05, 0.1) is 12.0 Å². The van der Waals surface area contributed by atoms with E-state index in [0.717, 1.165) is 9.88 Å². The number of aryl methyl sites for hydroxylation is 1. The molecule has 0 unspecified atom stereocenters. The number of carbonyl (C=O) groups excluding carboxylic acids is 1. The Labute approximate surface area is 111 Å². The number of rotatable bonds is 4. The molecule has 0 radical (unpaired) electrons. The second-order valence-electron chi connectivity index (χ2n) is 4.64. The molecule has 1 aromatic heterocycles. The zero-order valence-electron chi connectivity index (χ0n) is 10.6. The third-order valence-corrected chi connectivity index (χ3v) is 4.30. The maximum Gasteiger partial charge on any atom is 0.228 e. The van der Waals surface area contributed by atoms with Crippen LogP contribution in [0.5, 0.6) is 0 Å². The van der Waals surface area contributed by atoms with Crippen molar-refractivity contribution in [1.29, 1.82) is 0 Å². The third-order valence-electron chi connectivity index (χ3n) is 3.39. The number of hydrogen-bond acceptors (Lipinski definition) is 5. The van der Waals surface area contributed by atoms with Crippen LogP contribution in [0.25, 0.3) is 0 Å². The van der Waals surface area contributed by atoms with Gasteiger partial charge < -0.3 is 15.8 Å². The van der Waals surface area contributed by atoms with Crippen molar-refractivity contribution in [1.82, 2.24) is 10.3 Å². The summed E-state index contributed by atoms with van der Waals surface area (Å²) in [6, 6.07) is 0. The fourth-order valence-electron chi connectivity index (χ4n) is 2.11. The Morgan fingerprint density at radius 2 is 2.33 bits per heavy atom. The topological polar surface area (TPSA) is 77.2 Å². The predicted octanol–water partition coefficient (Wildman–Crippen LogP) is 0.823. The zero-order valence-corrected chi connectivity index (χ0v) is 11.4. The molecule has 0 saturated carbocycles. The summed E-state index contributed by atoms with van der Waals surface area (Å²) >= 11 is 1.60. The fraction of sp³-hybridized carbons (Fsp3) is 0.667. The molecule has 1 amide bonds. The summed E-state index contributed by atoms with van der Waals surface area (Å²) in [4.78, 5) is 17.6. The van der Waals surface area contributed by atoms with Crippen molar-refractivity contribution in [3.63, 3.8) is 0 Å². The van der Waals surface area contributed by atoms with Gasteiger partial charge in [0.15, 0.2) is 0 Å². The van der Waals surface area contributed by atoms with Gasteiger partial charge in [-0.05, 0) is 19.8 Å². The molecule has 0 spiro atoms. The number of carbonyl (C=O) groups is 1. The number of nitrogens with one attached hydrogen (secondary N) is 1. The first-order chi connectivity index (χ1) is 8.66. The summed E-state index contributed by atoms with van der Waals surface area (Å²) in [6.45, 7) is 4.09. The summed E-state index contributed by atoms with van der Waals surface area (Å²) in [5.74, 6) is 0.0288. The van der Waals surface area contributed by atoms with E-state index in [4.69, 9.17) is 10.5 Å². The molecule has 0 bridgehead atoms. The van der Waals surface area contributed by atoms with Crippen LogP contribution >= 0.6 is 11.3 Å². The quantitative estimate of drug-likeness (QED) is 0.848. The highest BCUT2D eigenvalue weighted by Crippen LogP contribution is 2.29. The van der Waals surface area contributed by atoms with E-state index in [0.29, 0.717) is 39.1 Å². The first-order valence-electron chi connectivity index (χ1n) is 6.14. The van der Waals surface area contributed by atoms with Gasteiger partial charge in [0.2, 0.25) is 5.91 Å². The van der Waals surface area contributed by atoms with Gasteiger partial charge in [0, 0.05) is 30.8 Å². The molecule has 1 aliphatic heterocycles. The Kier molecular flexibility index (Phi) is 4.31. The van der Waals surface area contributed by atoms with Crippen molar-refractivity contribution in [3.8, 4) is 0 Å². The largest absolute Gasteiger partial charge is 0.381 e. The number of ether oxygens (including phenoxy) is 1. The molecule has 1 aliphatic rings. The maximum atomic E-state index is 12.3. The summed E-state index contributed by atoms with van der Waals surface area (Å²) in [5, 5.41) is 3.88. The monoisotopic (exact) mass is 269 g/mol. The van der Waals surface area contributed by atoms with Gasteiger partial charge in [0.1, 0.15) is 5.01 Å². The van der Waals surface area contributed by atoms with Crippen LogP contribution < -0.4 is 11.1 Å². The van der Waals surface area contributed by atoms with E-state index < -0.39 is 5.41 Å². The number of hydrogen-bond donors (Lipinski definition) is 2. The van der Waals surface area contributed by atoms with Crippen LogP contribution in [-0.2, 0) is 16.1 Å². The molecule has 100 valence electrons. The van der Waals surface area contributed by atoms with Crippen molar-refractivity contribution in [2.75, 3.05) is 19.8 Å². The average molecular weight is 269 g/mol. The standard InChI is InChI=1S/C12H19N3O2S/c1-9-6-14-10(18-9)7-15-11(16)12(8-13)2-4-17-5-3-12/h6H,2-5,7-8,13H2,1H3,(H,15,16). The molecular weight excluding hydrogens is 250 g/mol. The minimum Gasteiger partial charge on any atom is -0.381 e. The lowest BCUT2D eigenvalue weighted by Gasteiger charge is -2.34. The molecule has 18 heavy (non-hydrogen) atoms. The van der Waals surface area contributed by atoms with Crippen molar-refractivity contribution >= 4 is 17.2 Å². The summed E-state index contributed by atoms with van der Waals surface area (Å²) in [5.41, 5.74) is 5.33. The molecule has 0 atom stereocenters. The van der Waals surface area contributed by atoms with Gasteiger partial charge in [-0.1, -0.05) is 0 Å². The predicted molar refractivity (Wildman–Crippen MR) is 70.2 cm³/mol. The molecule has 5 nitrogen and oxygen atoms in total. The molecule has 2 rings (SSSR count). The van der Waals surface area contributed by atoms with Gasteiger partial charge in [-0.15, -0.1) is 11.3 Å². The van der Waals surface area contributed by atoms with Crippen LogP contribution in [0, 0.1) is 12.3 Å². The molecule has 0 aliphatic carbocycles. The highest BCUT2D eigenvalue weighted by atomic mass is 32.1. The smallest absolute Gasteiger partial charge is 0.228 e. The molecule has 6 heteroatoms. The van der Waals surface area contributed by atoms with E-state index >= 15 is 0 Å². The lowest BCUT2D eigenvalue weighted by atomic mass is 9.79. The number of thiazole rings is 1. The van der Waals surface area contributed by atoms with Crippen LogP contribution in [0.2, 0.25) is 0 Å². The van der Waals surface area contributed by atoms with Crippen LogP contribution in [0.15, 0.2) is 6.20 Å². The lowest BCUT2D eigenvalue weighted by Crippen LogP contribution is -2.48. The maximum absolute atomic E-state index is 12.3. The molecule has 1 saturated heterocycles. The van der Waals surface area contributed by atoms with Crippen LogP contribution in [0.4, 0.5) is 0 Å². The van der Waals surface area contributed by atoms with E-state index in [9.17, 15) is 4.79 Å². The Hall–Kier alpha value is -0.980. The van der Waals surface area contributed by atoms with Gasteiger partial charge in [0.25, 0.3) is 0 Å². The summed E-state index contributed by atoms with van der Waals surface area (Å²) in [7, 11) is 0. The first kappa shape index (κ1) is 13.5. The summed E-state index contributed by atoms with van der Waals surface area (Å²) in [6.07, 6.45) is 3.22. The van der Waals surface area contributed by atoms with Crippen molar-refractivity contribution < 1.29 is 9.53 Å². The Bertz CT molecular complexity index is 413. The van der Waals surface area contributed by atoms with Crippen LogP contribution in [0.1, 0.15) is 22.7 Å². The number of nitrogens with zero attached hydrogens (tertiary/aromatic N) is 1. The molecule has 3 N–H and O–H groups in total. The van der Waals surface area contributed by atoms with Gasteiger partial charge in [-0.2, -0.15) is 0 Å². The zero-order chi connectivity index (χ0) is 13.0. The Balaban J connectivity index is 1.93. The Morgan fingerprint density at radius 3 is 2.89 bits per heavy atom. The molecular formula is C12H19N3O2S. The Morgan fingerprint density at radius 1 is 1.61 bits per heavy atom. The minimum absolute atomic E-state index is 0.0288. The van der Waals surface area contributed by atoms with E-state index in [-0.39, 0.29) is 5.91 Å². The fourth-order valence-corrected chi connectivity index (χ4v) is 2.84. The molecule has 1 aromatic rings. The number of aromatic nitrogens is 1. The normalized spacial score (nSPS) is 18.6. The second kappa shape index (κ2) is 5.77. The number of nitrogens with two attached hydrogens (primary N) is 1. The highest BCUT2D eigenvalue weighted by Gasteiger charge is 2.38. The SMILES string of the molecule is Cc1cnc(CNC(=O)C2(CN)CCOCC2)s1. The van der Waals surface area contributed by atoms with E-state index in [1.807, 2.05) is 13.1 Å². The highest BCUT2D eigenvalue weighted by molar-refractivity contribution is 7.11. The van der Waals surface area contributed by atoms with Crippen molar-refractivity contribution in [2.45, 2.75) is 26.3 Å². The van der Waals surface area contributed by atoms with Gasteiger partial charge in [-0.3, -0.25) is 4.79 Å². The molecule has 0 aromatic carbocycles. The van der Waals surface area contributed by atoms with E-state index in [1.165, 1.54) is 0 Å². The summed E-state index contributed by atoms with van der Waals surface area (Å²) < 4.78 is 5.30.